The Morgan fingerprint density at radius 3 is 2.59 bits per heavy atom. The van der Waals surface area contributed by atoms with Gasteiger partial charge in [0.2, 0.25) is 0 Å². The van der Waals surface area contributed by atoms with E-state index in [4.69, 9.17) is 21.3 Å². The molecule has 1 N–H and O–H groups in total. The lowest BCUT2D eigenvalue weighted by atomic mass is 9.94. The number of nitrogens with zero attached hydrogens (tertiary/aromatic N) is 2. The normalized spacial score (nSPS) is 16.7. The molecule has 1 aliphatic heterocycles. The standard InChI is InChI=1S/C29H37BrClN3O3/c1-5-7-9-21-12-15-24(29(36)37-16-8-6-2)26(33-27(21)30)25(20-10-13-22(31)14-11-20)32-23-17-19(3)28(35)34(4)18-23/h10-11,13-14,17-18,21,25,32H,5-9,12,15-16H2,1-4H3. The first-order valence-corrected chi connectivity index (χ1v) is 14.3. The number of esters is 1. The molecule has 0 fully saturated rings. The van der Waals surface area contributed by atoms with E-state index in [9.17, 15) is 9.59 Å². The van der Waals surface area contributed by atoms with Gasteiger partial charge in [0.05, 0.1) is 34.2 Å². The Hall–Kier alpha value is -2.38. The number of carbonyl (C=O) groups is 1. The highest BCUT2D eigenvalue weighted by Crippen LogP contribution is 2.37. The summed E-state index contributed by atoms with van der Waals surface area (Å²) in [5.41, 5.74) is 3.44. The number of aryl methyl sites for hydroxylation is 2. The lowest BCUT2D eigenvalue weighted by Crippen LogP contribution is -2.22. The van der Waals surface area contributed by atoms with Crippen molar-refractivity contribution in [3.8, 4) is 0 Å². The van der Waals surface area contributed by atoms with E-state index in [1.165, 1.54) is 0 Å². The van der Waals surface area contributed by atoms with Crippen LogP contribution >= 0.6 is 27.5 Å². The van der Waals surface area contributed by atoms with Crippen molar-refractivity contribution in [2.75, 3.05) is 11.9 Å². The van der Waals surface area contributed by atoms with E-state index in [1.54, 1.807) is 24.7 Å². The maximum Gasteiger partial charge on any atom is 0.335 e. The molecule has 0 spiro atoms. The Kier molecular flexibility index (Phi) is 11.0. The van der Waals surface area contributed by atoms with E-state index in [0.29, 0.717) is 34.9 Å². The van der Waals surface area contributed by atoms with Crippen LogP contribution in [0.25, 0.3) is 0 Å². The Morgan fingerprint density at radius 2 is 1.95 bits per heavy atom. The van der Waals surface area contributed by atoms with Crippen molar-refractivity contribution >= 4 is 43.8 Å². The second kappa shape index (κ2) is 14.0. The summed E-state index contributed by atoms with van der Waals surface area (Å²) in [4.78, 5) is 30.8. The maximum atomic E-state index is 13.4. The van der Waals surface area contributed by atoms with Crippen LogP contribution in [-0.4, -0.2) is 21.8 Å². The van der Waals surface area contributed by atoms with E-state index in [0.717, 1.165) is 54.4 Å². The topological polar surface area (TPSA) is 72.7 Å². The summed E-state index contributed by atoms with van der Waals surface area (Å²) >= 11 is 9.96. The molecule has 1 aromatic carbocycles. The number of ether oxygens (including phenoxy) is 1. The van der Waals surface area contributed by atoms with Crippen LogP contribution in [0.4, 0.5) is 5.69 Å². The Bertz CT molecular complexity index is 1180. The van der Waals surface area contributed by atoms with Crippen LogP contribution in [0, 0.1) is 12.8 Å². The molecule has 1 aliphatic rings. The molecule has 0 saturated heterocycles. The molecule has 2 atom stereocenters. The van der Waals surface area contributed by atoms with Gasteiger partial charge in [0.1, 0.15) is 0 Å². The molecule has 37 heavy (non-hydrogen) atoms. The lowest BCUT2D eigenvalue weighted by molar-refractivity contribution is -0.139. The first-order chi connectivity index (χ1) is 17.7. The van der Waals surface area contributed by atoms with Crippen molar-refractivity contribution in [3.05, 3.63) is 74.3 Å². The van der Waals surface area contributed by atoms with E-state index in [2.05, 4.69) is 35.1 Å². The van der Waals surface area contributed by atoms with Gasteiger partial charge in [0.15, 0.2) is 0 Å². The molecular formula is C29H37BrClN3O3. The van der Waals surface area contributed by atoms with Crippen molar-refractivity contribution in [1.82, 2.24) is 4.57 Å². The van der Waals surface area contributed by atoms with Gasteiger partial charge in [0, 0.05) is 29.7 Å². The highest BCUT2D eigenvalue weighted by molar-refractivity contribution is 9.18. The van der Waals surface area contributed by atoms with Gasteiger partial charge in [-0.05, 0) is 72.3 Å². The van der Waals surface area contributed by atoms with E-state index >= 15 is 0 Å². The van der Waals surface area contributed by atoms with Gasteiger partial charge in [-0.2, -0.15) is 0 Å². The summed E-state index contributed by atoms with van der Waals surface area (Å²) in [7, 11) is 1.73. The molecule has 3 rings (SSSR count). The minimum atomic E-state index is -0.458. The molecule has 2 heterocycles. The smallest absolute Gasteiger partial charge is 0.335 e. The molecule has 0 bridgehead atoms. The third-order valence-electron chi connectivity index (χ3n) is 6.65. The van der Waals surface area contributed by atoms with Crippen molar-refractivity contribution in [3.63, 3.8) is 0 Å². The summed E-state index contributed by atoms with van der Waals surface area (Å²) in [5, 5.41) is 4.18. The number of benzene rings is 1. The molecule has 0 amide bonds. The monoisotopic (exact) mass is 589 g/mol. The third kappa shape index (κ3) is 7.81. The van der Waals surface area contributed by atoms with Gasteiger partial charge in [0.25, 0.3) is 5.56 Å². The average Bonchev–Trinajstić information content (AvgIpc) is 3.03. The fourth-order valence-corrected chi connectivity index (χ4v) is 5.26. The van der Waals surface area contributed by atoms with Gasteiger partial charge in [-0.1, -0.05) is 56.8 Å². The zero-order valence-electron chi connectivity index (χ0n) is 22.2. The molecule has 1 aromatic heterocycles. The van der Waals surface area contributed by atoms with Crippen molar-refractivity contribution in [1.29, 1.82) is 0 Å². The van der Waals surface area contributed by atoms with Gasteiger partial charge in [-0.15, -0.1) is 0 Å². The summed E-state index contributed by atoms with van der Waals surface area (Å²) in [5.74, 6) is -0.0809. The molecule has 200 valence electrons. The van der Waals surface area contributed by atoms with Crippen LogP contribution < -0.4 is 10.9 Å². The summed E-state index contributed by atoms with van der Waals surface area (Å²) < 4.78 is 8.10. The lowest BCUT2D eigenvalue weighted by Gasteiger charge is -2.24. The number of carbonyl (C=O) groups excluding carboxylic acids is 1. The van der Waals surface area contributed by atoms with Crippen molar-refractivity contribution < 1.29 is 9.53 Å². The molecule has 2 aromatic rings. The second-order valence-corrected chi connectivity index (χ2v) is 10.9. The van der Waals surface area contributed by atoms with Crippen LogP contribution in [0.5, 0.6) is 0 Å². The van der Waals surface area contributed by atoms with E-state index in [-0.39, 0.29) is 17.4 Å². The van der Waals surface area contributed by atoms with Crippen molar-refractivity contribution in [2.24, 2.45) is 18.0 Å². The second-order valence-electron chi connectivity index (χ2n) is 9.62. The molecule has 0 radical (unpaired) electrons. The minimum absolute atomic E-state index is 0.0537. The van der Waals surface area contributed by atoms with Gasteiger partial charge < -0.3 is 14.6 Å². The van der Waals surface area contributed by atoms with Gasteiger partial charge in [-0.25, -0.2) is 9.79 Å². The number of hydrogen-bond donors (Lipinski definition) is 1. The van der Waals surface area contributed by atoms with Gasteiger partial charge >= 0.3 is 5.97 Å². The number of hydrogen-bond acceptors (Lipinski definition) is 5. The first-order valence-electron chi connectivity index (χ1n) is 13.1. The Morgan fingerprint density at radius 1 is 1.24 bits per heavy atom. The number of pyridine rings is 1. The number of nitrogens with one attached hydrogen (secondary N) is 1. The number of rotatable bonds is 11. The number of unbranched alkanes of at least 4 members (excludes halogenated alkanes) is 2. The number of halogens is 2. The Labute approximate surface area is 233 Å². The van der Waals surface area contributed by atoms with E-state index < -0.39 is 6.04 Å². The highest BCUT2D eigenvalue weighted by Gasteiger charge is 2.30. The number of anilines is 1. The Balaban J connectivity index is 2.14. The summed E-state index contributed by atoms with van der Waals surface area (Å²) in [6.07, 6.45) is 8.12. The fourth-order valence-electron chi connectivity index (χ4n) is 4.48. The van der Waals surface area contributed by atoms with Crippen LogP contribution in [0.2, 0.25) is 5.02 Å². The molecule has 6 nitrogen and oxygen atoms in total. The summed E-state index contributed by atoms with van der Waals surface area (Å²) in [6, 6.07) is 8.90. The predicted molar refractivity (Wildman–Crippen MR) is 156 cm³/mol. The van der Waals surface area contributed by atoms with E-state index in [1.807, 2.05) is 30.3 Å². The molecule has 8 heteroatoms. The quantitative estimate of drug-likeness (QED) is 0.217. The molecule has 0 saturated carbocycles. The van der Waals surface area contributed by atoms with Crippen LogP contribution in [0.1, 0.15) is 76.0 Å². The molecular weight excluding hydrogens is 554 g/mol. The van der Waals surface area contributed by atoms with Crippen LogP contribution in [0.3, 0.4) is 0 Å². The highest BCUT2D eigenvalue weighted by atomic mass is 79.9. The maximum absolute atomic E-state index is 13.4. The number of aliphatic imine (C=N–C) groups is 1. The van der Waals surface area contributed by atoms with Crippen molar-refractivity contribution in [2.45, 2.75) is 71.8 Å². The third-order valence-corrected chi connectivity index (χ3v) is 7.73. The molecule has 0 aliphatic carbocycles. The largest absolute Gasteiger partial charge is 0.462 e. The predicted octanol–water partition coefficient (Wildman–Crippen LogP) is 7.49. The number of aromatic nitrogens is 1. The summed E-state index contributed by atoms with van der Waals surface area (Å²) in [6.45, 7) is 6.42. The fraction of sp³-hybridized carbons (Fsp3) is 0.483. The van der Waals surface area contributed by atoms with Gasteiger partial charge in [-0.3, -0.25) is 4.79 Å². The first kappa shape index (κ1) is 29.2. The SMILES string of the molecule is CCCCOC(=O)C1=C(C(Nc2cc(C)c(=O)n(C)c2)c2ccc(Cl)cc2)N=C(Br)C(CCCC)CC1. The average molecular weight is 591 g/mol. The van der Waals surface area contributed by atoms with Crippen LogP contribution in [0.15, 0.2) is 57.6 Å². The zero-order valence-corrected chi connectivity index (χ0v) is 24.5. The van der Waals surface area contributed by atoms with Crippen LogP contribution in [-0.2, 0) is 16.6 Å². The molecule has 2 unspecified atom stereocenters. The zero-order chi connectivity index (χ0) is 26.9. The minimum Gasteiger partial charge on any atom is -0.462 e.